The molecule has 1 aliphatic carbocycles. The lowest BCUT2D eigenvalue weighted by atomic mass is 9.77. The zero-order valence-corrected chi connectivity index (χ0v) is 11.4. The van der Waals surface area contributed by atoms with Gasteiger partial charge in [-0.1, -0.05) is 26.7 Å². The van der Waals surface area contributed by atoms with Gasteiger partial charge in [-0.05, 0) is 31.2 Å². The van der Waals surface area contributed by atoms with Crippen LogP contribution in [0.4, 0.5) is 5.69 Å². The first-order valence-electron chi connectivity index (χ1n) is 6.37. The van der Waals surface area contributed by atoms with Gasteiger partial charge in [-0.2, -0.15) is 5.26 Å². The fourth-order valence-electron chi connectivity index (χ4n) is 3.14. The molecule has 1 aromatic rings. The van der Waals surface area contributed by atoms with E-state index < -0.39 is 0 Å². The first kappa shape index (κ1) is 12.4. The van der Waals surface area contributed by atoms with Crippen LogP contribution in [-0.4, -0.2) is 0 Å². The monoisotopic (exact) mass is 248 g/mol. The average Bonchev–Trinajstić information content (AvgIpc) is 2.85. The van der Waals surface area contributed by atoms with Gasteiger partial charge < -0.3 is 5.73 Å². The summed E-state index contributed by atoms with van der Waals surface area (Å²) in [7, 11) is 0. The topological polar surface area (TPSA) is 49.8 Å². The Bertz CT molecular complexity index is 434. The summed E-state index contributed by atoms with van der Waals surface area (Å²) in [5.74, 6) is 0.696. The van der Waals surface area contributed by atoms with Gasteiger partial charge in [0, 0.05) is 10.3 Å². The Kier molecular flexibility index (Phi) is 3.44. The number of nitrogens with two attached hydrogens (primary N) is 1. The van der Waals surface area contributed by atoms with Gasteiger partial charge in [-0.15, -0.1) is 11.3 Å². The number of thiophene rings is 1. The zero-order chi connectivity index (χ0) is 12.5. The Morgan fingerprint density at radius 3 is 2.59 bits per heavy atom. The molecule has 0 aliphatic heterocycles. The minimum absolute atomic E-state index is 0.308. The molecule has 0 radical (unpaired) electrons. The summed E-state index contributed by atoms with van der Waals surface area (Å²) in [5, 5.41) is 9.02. The molecule has 92 valence electrons. The summed E-state index contributed by atoms with van der Waals surface area (Å²) in [4.78, 5) is 2.03. The van der Waals surface area contributed by atoms with Crippen LogP contribution < -0.4 is 5.73 Å². The van der Waals surface area contributed by atoms with Crippen molar-refractivity contribution in [1.82, 2.24) is 0 Å². The molecule has 17 heavy (non-hydrogen) atoms. The minimum atomic E-state index is 0.308. The van der Waals surface area contributed by atoms with E-state index in [2.05, 4.69) is 26.0 Å². The summed E-state index contributed by atoms with van der Waals surface area (Å²) >= 11 is 1.61. The smallest absolute Gasteiger partial charge is 0.128 e. The summed E-state index contributed by atoms with van der Waals surface area (Å²) in [6.07, 6.45) is 6.36. The van der Waals surface area contributed by atoms with E-state index in [1.54, 1.807) is 11.3 Å². The van der Waals surface area contributed by atoms with Crippen LogP contribution in [0.25, 0.3) is 0 Å². The molecule has 0 atom stereocenters. The van der Waals surface area contributed by atoms with Gasteiger partial charge in [-0.3, -0.25) is 0 Å². The lowest BCUT2D eigenvalue weighted by molar-refractivity contribution is 0.353. The van der Waals surface area contributed by atoms with Crippen LogP contribution in [0, 0.1) is 17.2 Å². The summed E-state index contributed by atoms with van der Waals surface area (Å²) in [5.41, 5.74) is 6.87. The Labute approximate surface area is 107 Å². The van der Waals surface area contributed by atoms with Gasteiger partial charge in [0.1, 0.15) is 10.9 Å². The van der Waals surface area contributed by atoms with Gasteiger partial charge in [0.05, 0.1) is 5.69 Å². The largest absolute Gasteiger partial charge is 0.397 e. The second kappa shape index (κ2) is 4.70. The van der Waals surface area contributed by atoms with Crippen LogP contribution in [0.1, 0.15) is 55.7 Å². The van der Waals surface area contributed by atoms with Crippen LogP contribution >= 0.6 is 11.3 Å². The second-order valence-corrected chi connectivity index (χ2v) is 6.64. The first-order valence-corrected chi connectivity index (χ1v) is 7.19. The number of hydrogen-bond acceptors (Lipinski definition) is 3. The molecule has 1 aromatic heterocycles. The molecule has 1 aliphatic rings. The van der Waals surface area contributed by atoms with Gasteiger partial charge in [-0.25, -0.2) is 0 Å². The second-order valence-electron chi connectivity index (χ2n) is 5.59. The van der Waals surface area contributed by atoms with Crippen LogP contribution in [0.5, 0.6) is 0 Å². The Morgan fingerprint density at radius 2 is 2.12 bits per heavy atom. The van der Waals surface area contributed by atoms with Crippen LogP contribution in [-0.2, 0) is 5.41 Å². The number of rotatable bonds is 3. The average molecular weight is 248 g/mol. The predicted molar refractivity (Wildman–Crippen MR) is 73.0 cm³/mol. The van der Waals surface area contributed by atoms with Crippen molar-refractivity contribution in [3.63, 3.8) is 0 Å². The Morgan fingerprint density at radius 1 is 1.47 bits per heavy atom. The molecule has 2 N–H and O–H groups in total. The maximum Gasteiger partial charge on any atom is 0.128 e. The number of nitriles is 1. The van der Waals surface area contributed by atoms with E-state index in [0.29, 0.717) is 21.9 Å². The van der Waals surface area contributed by atoms with Crippen molar-refractivity contribution < 1.29 is 0 Å². The predicted octanol–water partition coefficient (Wildman–Crippen LogP) is 4.06. The number of nitrogens with zero attached hydrogens (tertiary/aromatic N) is 1. The zero-order valence-electron chi connectivity index (χ0n) is 10.6. The number of anilines is 1. The summed E-state index contributed by atoms with van der Waals surface area (Å²) in [6, 6.07) is 4.26. The molecule has 0 bridgehead atoms. The molecule has 1 fully saturated rings. The van der Waals surface area contributed by atoms with E-state index in [1.165, 1.54) is 37.0 Å². The van der Waals surface area contributed by atoms with Gasteiger partial charge in [0.25, 0.3) is 0 Å². The van der Waals surface area contributed by atoms with E-state index in [0.717, 1.165) is 0 Å². The maximum absolute atomic E-state index is 9.02. The lowest BCUT2D eigenvalue weighted by Crippen LogP contribution is -2.22. The molecular weight excluding hydrogens is 228 g/mol. The molecule has 1 saturated carbocycles. The maximum atomic E-state index is 9.02. The van der Waals surface area contributed by atoms with Crippen molar-refractivity contribution in [2.45, 2.75) is 51.4 Å². The molecule has 1 heterocycles. The van der Waals surface area contributed by atoms with E-state index in [1.807, 2.05) is 0 Å². The molecule has 2 nitrogen and oxygen atoms in total. The van der Waals surface area contributed by atoms with Gasteiger partial charge in [0.2, 0.25) is 0 Å². The third-order valence-electron chi connectivity index (χ3n) is 3.74. The Hall–Kier alpha value is -1.01. The Balaban J connectivity index is 2.36. The van der Waals surface area contributed by atoms with Crippen molar-refractivity contribution >= 4 is 17.0 Å². The third kappa shape index (κ3) is 2.32. The van der Waals surface area contributed by atoms with Crippen molar-refractivity contribution in [3.05, 3.63) is 15.8 Å². The standard InChI is InChI=1S/C14H20N2S/c1-10(2)8-14(5-3-4-6-14)13-7-11(16)12(9-15)17-13/h7,10H,3-6,8,16H2,1-2H3. The van der Waals surface area contributed by atoms with Crippen molar-refractivity contribution in [1.29, 1.82) is 5.26 Å². The molecule has 0 amide bonds. The number of nitrogen functional groups attached to an aromatic ring is 1. The molecule has 0 unspecified atom stereocenters. The van der Waals surface area contributed by atoms with Gasteiger partial charge >= 0.3 is 0 Å². The van der Waals surface area contributed by atoms with Crippen molar-refractivity contribution in [2.24, 2.45) is 5.92 Å². The van der Waals surface area contributed by atoms with Crippen molar-refractivity contribution in [3.8, 4) is 6.07 Å². The summed E-state index contributed by atoms with van der Waals surface area (Å²) in [6.45, 7) is 4.56. The van der Waals surface area contributed by atoms with Gasteiger partial charge in [0.15, 0.2) is 0 Å². The fourth-order valence-corrected chi connectivity index (χ4v) is 4.27. The molecule has 3 heteroatoms. The fraction of sp³-hybridized carbons (Fsp3) is 0.643. The van der Waals surface area contributed by atoms with Crippen molar-refractivity contribution in [2.75, 3.05) is 5.73 Å². The van der Waals surface area contributed by atoms with E-state index in [4.69, 9.17) is 11.0 Å². The lowest BCUT2D eigenvalue weighted by Gasteiger charge is -2.29. The molecular formula is C14H20N2S. The quantitative estimate of drug-likeness (QED) is 0.877. The normalized spacial score (nSPS) is 18.5. The van der Waals surface area contributed by atoms with Crippen LogP contribution in [0.2, 0.25) is 0 Å². The minimum Gasteiger partial charge on any atom is -0.397 e. The SMILES string of the molecule is CC(C)CC1(c2cc(N)c(C#N)s2)CCCC1. The molecule has 0 spiro atoms. The van der Waals surface area contributed by atoms with E-state index >= 15 is 0 Å². The molecule has 2 rings (SSSR count). The van der Waals surface area contributed by atoms with E-state index in [-0.39, 0.29) is 0 Å². The highest BCUT2D eigenvalue weighted by Crippen LogP contribution is 2.48. The van der Waals surface area contributed by atoms with Crippen LogP contribution in [0.15, 0.2) is 6.07 Å². The van der Waals surface area contributed by atoms with E-state index in [9.17, 15) is 0 Å². The van der Waals surface area contributed by atoms with Crippen LogP contribution in [0.3, 0.4) is 0 Å². The third-order valence-corrected chi connectivity index (χ3v) is 5.05. The molecule has 0 aromatic carbocycles. The first-order chi connectivity index (χ1) is 8.07. The highest BCUT2D eigenvalue weighted by Gasteiger charge is 2.37. The number of hydrogen-bond donors (Lipinski definition) is 1. The highest BCUT2D eigenvalue weighted by molar-refractivity contribution is 7.13. The highest BCUT2D eigenvalue weighted by atomic mass is 32.1. The summed E-state index contributed by atoms with van der Waals surface area (Å²) < 4.78 is 0. The molecule has 0 saturated heterocycles.